The van der Waals surface area contributed by atoms with Gasteiger partial charge >= 0.3 is 5.97 Å². The van der Waals surface area contributed by atoms with Gasteiger partial charge in [0.2, 0.25) is 17.7 Å². The number of carbonyl (C=O) groups is 4. The molecule has 0 heterocycles. The van der Waals surface area contributed by atoms with Crippen LogP contribution in [-0.4, -0.2) is 65.3 Å². The molecule has 0 aromatic carbocycles. The summed E-state index contributed by atoms with van der Waals surface area (Å²) in [5, 5.41) is 16.1. The van der Waals surface area contributed by atoms with E-state index in [1.165, 1.54) is 13.8 Å². The quantitative estimate of drug-likeness (QED) is 0.148. The van der Waals surface area contributed by atoms with E-state index in [0.29, 0.717) is 25.8 Å². The van der Waals surface area contributed by atoms with E-state index in [-0.39, 0.29) is 5.75 Å². The average molecular weight is 391 g/mol. The molecule has 11 heteroatoms. The summed E-state index contributed by atoms with van der Waals surface area (Å²) in [6.07, 6.45) is 1.60. The topological polar surface area (TPSA) is 177 Å². The van der Waals surface area contributed by atoms with E-state index >= 15 is 0 Å². The first-order valence-corrected chi connectivity index (χ1v) is 8.97. The van der Waals surface area contributed by atoms with Crippen molar-refractivity contribution in [2.75, 3.05) is 12.3 Å². The lowest BCUT2D eigenvalue weighted by Crippen LogP contribution is -2.56. The maximum Gasteiger partial charge on any atom is 0.325 e. The fraction of sp³-hybridized carbons (Fsp3) is 0.733. The van der Waals surface area contributed by atoms with Crippen molar-refractivity contribution in [2.45, 2.75) is 57.3 Å². The van der Waals surface area contributed by atoms with Crippen molar-refractivity contribution in [3.8, 4) is 0 Å². The van der Waals surface area contributed by atoms with Crippen LogP contribution in [0.1, 0.15) is 33.1 Å². The summed E-state index contributed by atoms with van der Waals surface area (Å²) in [6.45, 7) is 3.17. The number of amides is 3. The van der Waals surface area contributed by atoms with Crippen LogP contribution in [0.2, 0.25) is 0 Å². The highest BCUT2D eigenvalue weighted by Gasteiger charge is 2.26. The number of hydrogen-bond donors (Lipinski definition) is 7. The smallest absolute Gasteiger partial charge is 0.325 e. The second-order valence-corrected chi connectivity index (χ2v) is 6.30. The van der Waals surface area contributed by atoms with Crippen molar-refractivity contribution in [3.05, 3.63) is 0 Å². The van der Waals surface area contributed by atoms with Crippen LogP contribution < -0.4 is 27.4 Å². The van der Waals surface area contributed by atoms with Crippen LogP contribution >= 0.6 is 12.6 Å². The van der Waals surface area contributed by atoms with E-state index in [4.69, 9.17) is 16.6 Å². The maximum absolute atomic E-state index is 12.4. The van der Waals surface area contributed by atoms with Gasteiger partial charge in [0.15, 0.2) is 0 Å². The lowest BCUT2D eigenvalue weighted by molar-refractivity contribution is -0.141. The lowest BCUT2D eigenvalue weighted by Gasteiger charge is -2.22. The Balaban J connectivity index is 4.84. The Morgan fingerprint density at radius 3 is 2.04 bits per heavy atom. The van der Waals surface area contributed by atoms with Crippen molar-refractivity contribution in [2.24, 2.45) is 11.5 Å². The number of nitrogens with two attached hydrogens (primary N) is 2. The molecule has 0 aromatic rings. The van der Waals surface area contributed by atoms with E-state index in [9.17, 15) is 19.2 Å². The molecule has 0 aliphatic heterocycles. The zero-order valence-electron chi connectivity index (χ0n) is 15.0. The van der Waals surface area contributed by atoms with Gasteiger partial charge < -0.3 is 32.5 Å². The molecule has 4 atom stereocenters. The molecule has 0 saturated carbocycles. The summed E-state index contributed by atoms with van der Waals surface area (Å²) in [7, 11) is 0. The van der Waals surface area contributed by atoms with Gasteiger partial charge in [-0.05, 0) is 39.7 Å². The Kier molecular flexibility index (Phi) is 11.6. The van der Waals surface area contributed by atoms with Gasteiger partial charge in [-0.25, -0.2) is 0 Å². The minimum atomic E-state index is -1.19. The van der Waals surface area contributed by atoms with Gasteiger partial charge in [0.1, 0.15) is 18.1 Å². The zero-order chi connectivity index (χ0) is 20.3. The first-order valence-electron chi connectivity index (χ1n) is 8.34. The molecule has 0 aromatic heterocycles. The molecule has 0 aliphatic rings. The fourth-order valence-corrected chi connectivity index (χ4v) is 2.07. The molecule has 8 N–H and O–H groups in total. The molecule has 150 valence electrons. The molecule has 26 heavy (non-hydrogen) atoms. The SMILES string of the molecule is CC(NC(=O)C(C)NC(=O)C(CCCCN)NC(=O)C(N)CS)C(=O)O. The average Bonchev–Trinajstić information content (AvgIpc) is 2.59. The van der Waals surface area contributed by atoms with Gasteiger partial charge in [-0.3, -0.25) is 19.2 Å². The Morgan fingerprint density at radius 1 is 0.962 bits per heavy atom. The summed E-state index contributed by atoms with van der Waals surface area (Å²) in [4.78, 5) is 47.0. The number of carboxylic acid groups (broad SMARTS) is 1. The van der Waals surface area contributed by atoms with Crippen LogP contribution in [-0.2, 0) is 19.2 Å². The van der Waals surface area contributed by atoms with Gasteiger partial charge in [0.25, 0.3) is 0 Å². The van der Waals surface area contributed by atoms with Gasteiger partial charge in [0.05, 0.1) is 6.04 Å². The second-order valence-electron chi connectivity index (χ2n) is 5.93. The van der Waals surface area contributed by atoms with Crippen molar-refractivity contribution < 1.29 is 24.3 Å². The molecular weight excluding hydrogens is 362 g/mol. The molecule has 0 aliphatic carbocycles. The lowest BCUT2D eigenvalue weighted by atomic mass is 10.1. The monoisotopic (exact) mass is 391 g/mol. The molecule has 0 spiro atoms. The Hall–Kier alpha value is -1.85. The standard InChI is InChI=1S/C15H29N5O5S/c1-8(12(21)19-9(2)15(24)25)18-14(23)11(5-3-4-6-16)20-13(22)10(17)7-26/h8-11,26H,3-7,16-17H2,1-2H3,(H,18,23)(H,19,21)(H,20,22)(H,24,25). The normalized spacial score (nSPS) is 15.3. The number of hydrogen-bond acceptors (Lipinski definition) is 7. The molecule has 0 radical (unpaired) electrons. The number of thiol groups is 1. The second kappa shape index (κ2) is 12.5. The number of nitrogens with one attached hydrogen (secondary N) is 3. The molecule has 0 fully saturated rings. The third-order valence-corrected chi connectivity index (χ3v) is 3.99. The predicted octanol–water partition coefficient (Wildman–Crippen LogP) is -2.05. The summed E-state index contributed by atoms with van der Waals surface area (Å²) in [6, 6.07) is -3.81. The molecule has 0 saturated heterocycles. The summed E-state index contributed by atoms with van der Waals surface area (Å²) >= 11 is 3.94. The van der Waals surface area contributed by atoms with E-state index in [1.807, 2.05) is 0 Å². The van der Waals surface area contributed by atoms with E-state index in [2.05, 4.69) is 28.6 Å². The molecule has 0 rings (SSSR count). The Labute approximate surface area is 158 Å². The summed E-state index contributed by atoms with van der Waals surface area (Å²) < 4.78 is 0. The van der Waals surface area contributed by atoms with E-state index in [0.717, 1.165) is 0 Å². The van der Waals surface area contributed by atoms with Crippen LogP contribution in [0.15, 0.2) is 0 Å². The minimum absolute atomic E-state index is 0.120. The highest BCUT2D eigenvalue weighted by atomic mass is 32.1. The van der Waals surface area contributed by atoms with Crippen LogP contribution in [0.25, 0.3) is 0 Å². The van der Waals surface area contributed by atoms with Gasteiger partial charge in [-0.2, -0.15) is 12.6 Å². The number of carboxylic acids is 1. The van der Waals surface area contributed by atoms with Crippen molar-refractivity contribution >= 4 is 36.3 Å². The summed E-state index contributed by atoms with van der Waals surface area (Å²) in [5.74, 6) is -2.80. The summed E-state index contributed by atoms with van der Waals surface area (Å²) in [5.41, 5.74) is 11.0. The molecule has 3 amide bonds. The highest BCUT2D eigenvalue weighted by molar-refractivity contribution is 7.80. The number of aliphatic carboxylic acids is 1. The number of carbonyl (C=O) groups excluding carboxylic acids is 3. The van der Waals surface area contributed by atoms with Gasteiger partial charge in [-0.1, -0.05) is 0 Å². The third-order valence-electron chi connectivity index (χ3n) is 3.59. The first kappa shape index (κ1) is 24.1. The van der Waals surface area contributed by atoms with Gasteiger partial charge in [0, 0.05) is 5.75 Å². The Morgan fingerprint density at radius 2 is 1.54 bits per heavy atom. The predicted molar refractivity (Wildman–Crippen MR) is 99.5 cm³/mol. The third kappa shape index (κ3) is 9.02. The van der Waals surface area contributed by atoms with Crippen molar-refractivity contribution in [1.29, 1.82) is 0 Å². The van der Waals surface area contributed by atoms with Crippen LogP contribution in [0, 0.1) is 0 Å². The molecule has 4 unspecified atom stereocenters. The van der Waals surface area contributed by atoms with E-state index < -0.39 is 47.9 Å². The molecular formula is C15H29N5O5S. The van der Waals surface area contributed by atoms with Crippen molar-refractivity contribution in [3.63, 3.8) is 0 Å². The minimum Gasteiger partial charge on any atom is -0.480 e. The van der Waals surface area contributed by atoms with Crippen LogP contribution in [0.4, 0.5) is 0 Å². The van der Waals surface area contributed by atoms with Gasteiger partial charge in [-0.15, -0.1) is 0 Å². The van der Waals surface area contributed by atoms with E-state index in [1.54, 1.807) is 0 Å². The number of rotatable bonds is 12. The maximum atomic E-state index is 12.4. The first-order chi connectivity index (χ1) is 12.1. The van der Waals surface area contributed by atoms with Crippen LogP contribution in [0.3, 0.4) is 0 Å². The molecule has 0 bridgehead atoms. The molecule has 10 nitrogen and oxygen atoms in total. The van der Waals surface area contributed by atoms with Crippen molar-refractivity contribution in [1.82, 2.24) is 16.0 Å². The van der Waals surface area contributed by atoms with Crippen LogP contribution in [0.5, 0.6) is 0 Å². The largest absolute Gasteiger partial charge is 0.480 e. The number of unbranched alkanes of at least 4 members (excludes halogenated alkanes) is 1. The zero-order valence-corrected chi connectivity index (χ0v) is 15.9. The fourth-order valence-electron chi connectivity index (χ4n) is 1.90. The highest BCUT2D eigenvalue weighted by Crippen LogP contribution is 2.03. The Bertz CT molecular complexity index is 505.